The molecule has 0 saturated carbocycles. The first-order valence-electron chi connectivity index (χ1n) is 5.80. The second kappa shape index (κ2) is 5.87. The molecule has 0 saturated heterocycles. The summed E-state index contributed by atoms with van der Waals surface area (Å²) in [7, 11) is 0. The number of halogens is 1. The minimum atomic E-state index is 1.04. The normalized spacial score (nSPS) is 11.2. The van der Waals surface area contributed by atoms with E-state index in [1.54, 1.807) is 0 Å². The summed E-state index contributed by atoms with van der Waals surface area (Å²) in [5.41, 5.74) is 2.58. The fraction of sp³-hybridized carbons (Fsp3) is 0.200. The second-order valence-electron chi connectivity index (χ2n) is 4.07. The molecule has 2 heteroatoms. The van der Waals surface area contributed by atoms with Gasteiger partial charge in [-0.05, 0) is 42.7 Å². The largest absolute Gasteiger partial charge is 0.354 e. The van der Waals surface area contributed by atoms with Gasteiger partial charge < -0.3 is 4.57 Å². The smallest absolute Gasteiger partial charge is 0.0254 e. The SMILES string of the molecule is Cc1c(Br)cccc1/C=C/CCn1cccc1. The molecule has 1 nitrogen and oxygen atoms in total. The van der Waals surface area contributed by atoms with E-state index in [-0.39, 0.29) is 0 Å². The van der Waals surface area contributed by atoms with Gasteiger partial charge in [0.25, 0.3) is 0 Å². The third-order valence-electron chi connectivity index (χ3n) is 2.83. The van der Waals surface area contributed by atoms with Gasteiger partial charge in [-0.2, -0.15) is 0 Å². The maximum atomic E-state index is 3.55. The molecule has 0 spiro atoms. The maximum absolute atomic E-state index is 3.55. The fourth-order valence-corrected chi connectivity index (χ4v) is 2.14. The van der Waals surface area contributed by atoms with E-state index < -0.39 is 0 Å². The van der Waals surface area contributed by atoms with Crippen LogP contribution in [0.15, 0.2) is 53.3 Å². The topological polar surface area (TPSA) is 4.93 Å². The van der Waals surface area contributed by atoms with Crippen molar-refractivity contribution in [3.63, 3.8) is 0 Å². The molecule has 88 valence electrons. The van der Waals surface area contributed by atoms with Crippen molar-refractivity contribution in [2.45, 2.75) is 19.9 Å². The van der Waals surface area contributed by atoms with Crippen molar-refractivity contribution in [2.24, 2.45) is 0 Å². The van der Waals surface area contributed by atoms with Gasteiger partial charge in [0.1, 0.15) is 0 Å². The average Bonchev–Trinajstić information content (AvgIpc) is 2.83. The van der Waals surface area contributed by atoms with Gasteiger partial charge in [-0.3, -0.25) is 0 Å². The molecule has 2 aromatic rings. The number of nitrogens with zero attached hydrogens (tertiary/aromatic N) is 1. The Bertz CT molecular complexity index is 498. The van der Waals surface area contributed by atoms with Crippen LogP contribution >= 0.6 is 15.9 Å². The summed E-state index contributed by atoms with van der Waals surface area (Å²) >= 11 is 3.55. The number of rotatable bonds is 4. The van der Waals surface area contributed by atoms with Crippen molar-refractivity contribution in [2.75, 3.05) is 0 Å². The molecule has 0 aliphatic rings. The highest BCUT2D eigenvalue weighted by atomic mass is 79.9. The van der Waals surface area contributed by atoms with Crippen molar-refractivity contribution in [3.05, 3.63) is 64.4 Å². The quantitative estimate of drug-likeness (QED) is 0.771. The van der Waals surface area contributed by atoms with Crippen molar-refractivity contribution < 1.29 is 0 Å². The Balaban J connectivity index is 1.94. The van der Waals surface area contributed by atoms with E-state index in [0.29, 0.717) is 0 Å². The average molecular weight is 290 g/mol. The van der Waals surface area contributed by atoms with Crippen LogP contribution in [0.2, 0.25) is 0 Å². The van der Waals surface area contributed by atoms with Crippen LogP contribution in [0, 0.1) is 6.92 Å². The molecule has 0 aliphatic heterocycles. The molecule has 0 fully saturated rings. The lowest BCUT2D eigenvalue weighted by Crippen LogP contribution is -1.91. The Hall–Kier alpha value is -1.28. The third-order valence-corrected chi connectivity index (χ3v) is 3.69. The molecule has 17 heavy (non-hydrogen) atoms. The van der Waals surface area contributed by atoms with Crippen LogP contribution in [0.3, 0.4) is 0 Å². The summed E-state index contributed by atoms with van der Waals surface area (Å²) in [4.78, 5) is 0. The molecule has 0 unspecified atom stereocenters. The molecule has 2 rings (SSSR count). The predicted octanol–water partition coefficient (Wildman–Crippen LogP) is 4.66. The lowest BCUT2D eigenvalue weighted by Gasteiger charge is -2.02. The summed E-state index contributed by atoms with van der Waals surface area (Å²) in [6.45, 7) is 3.17. The summed E-state index contributed by atoms with van der Waals surface area (Å²) in [5.74, 6) is 0. The minimum Gasteiger partial charge on any atom is -0.354 e. The van der Waals surface area contributed by atoms with E-state index >= 15 is 0 Å². The monoisotopic (exact) mass is 289 g/mol. The molecular formula is C15H16BrN. The molecule has 0 N–H and O–H groups in total. The molecule has 1 heterocycles. The minimum absolute atomic E-state index is 1.04. The number of hydrogen-bond donors (Lipinski definition) is 0. The van der Waals surface area contributed by atoms with Crippen LogP contribution in [0.25, 0.3) is 6.08 Å². The van der Waals surface area contributed by atoms with Gasteiger partial charge >= 0.3 is 0 Å². The van der Waals surface area contributed by atoms with Gasteiger partial charge in [0.2, 0.25) is 0 Å². The van der Waals surface area contributed by atoms with Crippen molar-refractivity contribution in [1.82, 2.24) is 4.57 Å². The molecule has 0 bridgehead atoms. The Kier molecular flexibility index (Phi) is 4.21. The molecule has 0 radical (unpaired) electrons. The Morgan fingerprint density at radius 2 is 1.94 bits per heavy atom. The lowest BCUT2D eigenvalue weighted by molar-refractivity contribution is 0.716. The number of aryl methyl sites for hydroxylation is 1. The number of benzene rings is 1. The standard InChI is InChI=1S/C15H16BrN/c1-13-14(8-6-9-15(13)16)7-2-3-10-17-11-4-5-12-17/h2,4-9,11-12H,3,10H2,1H3/b7-2+. The van der Waals surface area contributed by atoms with E-state index in [1.165, 1.54) is 15.6 Å². The zero-order valence-electron chi connectivity index (χ0n) is 9.94. The first kappa shape index (κ1) is 12.2. The van der Waals surface area contributed by atoms with Gasteiger partial charge in [-0.1, -0.05) is 40.2 Å². The molecule has 1 aromatic heterocycles. The summed E-state index contributed by atoms with van der Waals surface area (Å²) in [6.07, 6.45) is 9.68. The zero-order valence-corrected chi connectivity index (χ0v) is 11.5. The molecule has 0 aliphatic carbocycles. The van der Waals surface area contributed by atoms with Crippen LogP contribution in [0.5, 0.6) is 0 Å². The van der Waals surface area contributed by atoms with E-state index in [0.717, 1.165) is 13.0 Å². The molecule has 0 atom stereocenters. The van der Waals surface area contributed by atoms with E-state index in [1.807, 2.05) is 0 Å². The van der Waals surface area contributed by atoms with Gasteiger partial charge in [-0.15, -0.1) is 0 Å². The molecular weight excluding hydrogens is 274 g/mol. The van der Waals surface area contributed by atoms with Crippen molar-refractivity contribution in [3.8, 4) is 0 Å². The van der Waals surface area contributed by atoms with Gasteiger partial charge in [0.05, 0.1) is 0 Å². The maximum Gasteiger partial charge on any atom is 0.0254 e. The van der Waals surface area contributed by atoms with Gasteiger partial charge in [-0.25, -0.2) is 0 Å². The van der Waals surface area contributed by atoms with Gasteiger partial charge in [0.15, 0.2) is 0 Å². The second-order valence-corrected chi connectivity index (χ2v) is 4.92. The highest BCUT2D eigenvalue weighted by Gasteiger charge is 1.97. The van der Waals surface area contributed by atoms with E-state index in [2.05, 4.69) is 82.3 Å². The van der Waals surface area contributed by atoms with Crippen molar-refractivity contribution >= 4 is 22.0 Å². The number of allylic oxidation sites excluding steroid dienone is 1. The van der Waals surface area contributed by atoms with E-state index in [9.17, 15) is 0 Å². The van der Waals surface area contributed by atoms with Crippen LogP contribution in [-0.4, -0.2) is 4.57 Å². The summed E-state index contributed by atoms with van der Waals surface area (Å²) in [5, 5.41) is 0. The first-order valence-corrected chi connectivity index (χ1v) is 6.59. The summed E-state index contributed by atoms with van der Waals surface area (Å²) < 4.78 is 3.36. The van der Waals surface area contributed by atoms with Crippen LogP contribution in [0.1, 0.15) is 17.5 Å². The third kappa shape index (κ3) is 3.34. The van der Waals surface area contributed by atoms with Crippen LogP contribution < -0.4 is 0 Å². The van der Waals surface area contributed by atoms with E-state index in [4.69, 9.17) is 0 Å². The Labute approximate surface area is 111 Å². The molecule has 1 aromatic carbocycles. The van der Waals surface area contributed by atoms with Crippen LogP contribution in [-0.2, 0) is 6.54 Å². The predicted molar refractivity (Wildman–Crippen MR) is 77.0 cm³/mol. The highest BCUT2D eigenvalue weighted by molar-refractivity contribution is 9.10. The molecule has 0 amide bonds. The Morgan fingerprint density at radius 1 is 1.18 bits per heavy atom. The Morgan fingerprint density at radius 3 is 2.71 bits per heavy atom. The van der Waals surface area contributed by atoms with Gasteiger partial charge in [0, 0.05) is 23.4 Å². The fourth-order valence-electron chi connectivity index (χ4n) is 1.76. The zero-order chi connectivity index (χ0) is 12.1. The number of hydrogen-bond acceptors (Lipinski definition) is 0. The van der Waals surface area contributed by atoms with Crippen molar-refractivity contribution in [1.29, 1.82) is 0 Å². The summed E-state index contributed by atoms with van der Waals surface area (Å²) in [6, 6.07) is 10.4. The lowest BCUT2D eigenvalue weighted by atomic mass is 10.1. The van der Waals surface area contributed by atoms with Crippen LogP contribution in [0.4, 0.5) is 0 Å². The first-order chi connectivity index (χ1) is 8.27. The highest BCUT2D eigenvalue weighted by Crippen LogP contribution is 2.20. The number of aromatic nitrogens is 1.